The Labute approximate surface area is 128 Å². The van der Waals surface area contributed by atoms with Crippen molar-refractivity contribution >= 4 is 40.9 Å². The summed E-state index contributed by atoms with van der Waals surface area (Å²) in [6, 6.07) is 12.7. The summed E-state index contributed by atoms with van der Waals surface area (Å²) in [5.41, 5.74) is 2.60. The SMILES string of the molecule is Cc1cccc(NC(=O)C=Cc2ccc(Cl)cc2Cl)c1. The minimum atomic E-state index is -0.207. The highest BCUT2D eigenvalue weighted by molar-refractivity contribution is 6.35. The van der Waals surface area contributed by atoms with E-state index in [4.69, 9.17) is 23.2 Å². The van der Waals surface area contributed by atoms with Crippen molar-refractivity contribution in [2.45, 2.75) is 6.92 Å². The lowest BCUT2D eigenvalue weighted by atomic mass is 10.2. The van der Waals surface area contributed by atoms with Crippen molar-refractivity contribution in [1.82, 2.24) is 0 Å². The van der Waals surface area contributed by atoms with Crippen molar-refractivity contribution in [3.05, 3.63) is 69.7 Å². The van der Waals surface area contributed by atoms with Gasteiger partial charge in [-0.25, -0.2) is 0 Å². The van der Waals surface area contributed by atoms with Gasteiger partial charge in [0.25, 0.3) is 0 Å². The monoisotopic (exact) mass is 305 g/mol. The van der Waals surface area contributed by atoms with E-state index >= 15 is 0 Å². The number of anilines is 1. The number of hydrogen-bond acceptors (Lipinski definition) is 1. The van der Waals surface area contributed by atoms with Crippen molar-refractivity contribution in [2.75, 3.05) is 5.32 Å². The van der Waals surface area contributed by atoms with Crippen LogP contribution in [0.5, 0.6) is 0 Å². The molecule has 102 valence electrons. The highest BCUT2D eigenvalue weighted by Gasteiger charge is 2.00. The first kappa shape index (κ1) is 14.6. The van der Waals surface area contributed by atoms with Gasteiger partial charge < -0.3 is 5.32 Å². The minimum absolute atomic E-state index is 0.207. The summed E-state index contributed by atoms with van der Waals surface area (Å²) in [6.07, 6.45) is 3.10. The molecule has 2 aromatic rings. The summed E-state index contributed by atoms with van der Waals surface area (Å²) < 4.78 is 0. The molecule has 1 amide bonds. The number of rotatable bonds is 3. The summed E-state index contributed by atoms with van der Waals surface area (Å²) in [6.45, 7) is 1.97. The summed E-state index contributed by atoms with van der Waals surface area (Å²) >= 11 is 11.8. The van der Waals surface area contributed by atoms with Crippen LogP contribution in [0.2, 0.25) is 10.0 Å². The third-order valence-corrected chi connectivity index (χ3v) is 3.22. The topological polar surface area (TPSA) is 29.1 Å². The van der Waals surface area contributed by atoms with Gasteiger partial charge in [-0.05, 0) is 48.4 Å². The van der Waals surface area contributed by atoms with Crippen LogP contribution in [0.25, 0.3) is 6.08 Å². The van der Waals surface area contributed by atoms with Crippen LogP contribution < -0.4 is 5.32 Å². The van der Waals surface area contributed by atoms with Crippen molar-refractivity contribution in [2.24, 2.45) is 0 Å². The second kappa shape index (κ2) is 6.60. The number of amides is 1. The third kappa shape index (κ3) is 4.12. The molecule has 1 N–H and O–H groups in total. The van der Waals surface area contributed by atoms with E-state index in [-0.39, 0.29) is 5.91 Å². The Balaban J connectivity index is 2.06. The molecule has 4 heteroatoms. The summed E-state index contributed by atoms with van der Waals surface area (Å²) in [4.78, 5) is 11.8. The highest BCUT2D eigenvalue weighted by Crippen LogP contribution is 2.22. The van der Waals surface area contributed by atoms with Crippen molar-refractivity contribution < 1.29 is 4.79 Å². The molecule has 2 nitrogen and oxygen atoms in total. The van der Waals surface area contributed by atoms with Crippen LogP contribution in [0.4, 0.5) is 5.69 Å². The molecule has 2 rings (SSSR count). The first-order chi connectivity index (χ1) is 9.54. The standard InChI is InChI=1S/C16H13Cl2NO/c1-11-3-2-4-14(9-11)19-16(20)8-6-12-5-7-13(17)10-15(12)18/h2-10H,1H3,(H,19,20). The number of halogens is 2. The molecule has 0 atom stereocenters. The zero-order valence-corrected chi connectivity index (χ0v) is 12.4. The van der Waals surface area contributed by atoms with E-state index in [2.05, 4.69) is 5.32 Å². The highest BCUT2D eigenvalue weighted by atomic mass is 35.5. The van der Waals surface area contributed by atoms with Crippen LogP contribution in [0.15, 0.2) is 48.5 Å². The number of carbonyl (C=O) groups is 1. The Morgan fingerprint density at radius 3 is 2.65 bits per heavy atom. The fourth-order valence-electron chi connectivity index (χ4n) is 1.71. The van der Waals surface area contributed by atoms with Crippen LogP contribution >= 0.6 is 23.2 Å². The molecule has 0 unspecified atom stereocenters. The number of hydrogen-bond donors (Lipinski definition) is 1. The maximum Gasteiger partial charge on any atom is 0.248 e. The lowest BCUT2D eigenvalue weighted by Gasteiger charge is -2.03. The quantitative estimate of drug-likeness (QED) is 0.798. The van der Waals surface area contributed by atoms with Gasteiger partial charge in [-0.1, -0.05) is 41.4 Å². The van der Waals surface area contributed by atoms with Gasteiger partial charge >= 0.3 is 0 Å². The predicted octanol–water partition coefficient (Wildman–Crippen LogP) is 4.95. The zero-order valence-electron chi connectivity index (χ0n) is 10.9. The van der Waals surface area contributed by atoms with Gasteiger partial charge in [-0.15, -0.1) is 0 Å². The van der Waals surface area contributed by atoms with Gasteiger partial charge in [0.1, 0.15) is 0 Å². The van der Waals surface area contributed by atoms with E-state index < -0.39 is 0 Å². The van der Waals surface area contributed by atoms with Gasteiger partial charge in [0, 0.05) is 21.8 Å². The van der Waals surface area contributed by atoms with Gasteiger partial charge in [0.2, 0.25) is 5.91 Å². The van der Waals surface area contributed by atoms with E-state index in [0.29, 0.717) is 10.0 Å². The molecular formula is C16H13Cl2NO. The Morgan fingerprint density at radius 2 is 1.95 bits per heavy atom. The van der Waals surface area contributed by atoms with E-state index in [1.807, 2.05) is 31.2 Å². The Bertz CT molecular complexity index is 665. The molecule has 0 saturated carbocycles. The summed E-state index contributed by atoms with van der Waals surface area (Å²) in [5.74, 6) is -0.207. The molecule has 0 aliphatic rings. The molecule has 0 aromatic heterocycles. The van der Waals surface area contributed by atoms with E-state index in [9.17, 15) is 4.79 Å². The van der Waals surface area contributed by atoms with Crippen molar-refractivity contribution in [3.8, 4) is 0 Å². The first-order valence-corrected chi connectivity index (χ1v) is 6.81. The molecule has 0 spiro atoms. The molecule has 0 aliphatic carbocycles. The fourth-order valence-corrected chi connectivity index (χ4v) is 2.18. The van der Waals surface area contributed by atoms with Gasteiger partial charge in [-0.3, -0.25) is 4.79 Å². The fraction of sp³-hybridized carbons (Fsp3) is 0.0625. The minimum Gasteiger partial charge on any atom is -0.323 e. The molecular weight excluding hydrogens is 293 g/mol. The van der Waals surface area contributed by atoms with Gasteiger partial charge in [0.05, 0.1) is 0 Å². The summed E-state index contributed by atoms with van der Waals surface area (Å²) in [5, 5.41) is 3.87. The third-order valence-electron chi connectivity index (χ3n) is 2.66. The second-order valence-electron chi connectivity index (χ2n) is 4.36. The zero-order chi connectivity index (χ0) is 14.5. The molecule has 0 radical (unpaired) electrons. The molecule has 0 heterocycles. The average molecular weight is 306 g/mol. The number of aryl methyl sites for hydroxylation is 1. The Hall–Kier alpha value is -1.77. The van der Waals surface area contributed by atoms with E-state index in [0.717, 1.165) is 16.8 Å². The molecule has 20 heavy (non-hydrogen) atoms. The second-order valence-corrected chi connectivity index (χ2v) is 5.20. The lowest BCUT2D eigenvalue weighted by Crippen LogP contribution is -2.07. The Kier molecular flexibility index (Phi) is 4.83. The Morgan fingerprint density at radius 1 is 1.15 bits per heavy atom. The molecule has 2 aromatic carbocycles. The van der Waals surface area contributed by atoms with Crippen LogP contribution in [0.3, 0.4) is 0 Å². The van der Waals surface area contributed by atoms with Gasteiger partial charge in [-0.2, -0.15) is 0 Å². The molecule has 0 aliphatic heterocycles. The number of nitrogens with one attached hydrogen (secondary N) is 1. The molecule has 0 fully saturated rings. The molecule has 0 bridgehead atoms. The normalized spacial score (nSPS) is 10.8. The van der Waals surface area contributed by atoms with E-state index in [1.54, 1.807) is 24.3 Å². The van der Waals surface area contributed by atoms with Gasteiger partial charge in [0.15, 0.2) is 0 Å². The predicted molar refractivity (Wildman–Crippen MR) is 85.3 cm³/mol. The maximum absolute atomic E-state index is 11.8. The van der Waals surface area contributed by atoms with E-state index in [1.165, 1.54) is 6.08 Å². The van der Waals surface area contributed by atoms with Crippen molar-refractivity contribution in [3.63, 3.8) is 0 Å². The lowest BCUT2D eigenvalue weighted by molar-refractivity contribution is -0.111. The first-order valence-electron chi connectivity index (χ1n) is 6.05. The largest absolute Gasteiger partial charge is 0.323 e. The van der Waals surface area contributed by atoms with Crippen molar-refractivity contribution in [1.29, 1.82) is 0 Å². The molecule has 0 saturated heterocycles. The smallest absolute Gasteiger partial charge is 0.248 e. The van der Waals surface area contributed by atoms with Crippen LogP contribution in [-0.4, -0.2) is 5.91 Å². The van der Waals surface area contributed by atoms with Crippen LogP contribution in [0, 0.1) is 6.92 Å². The maximum atomic E-state index is 11.8. The number of benzene rings is 2. The van der Waals surface area contributed by atoms with Crippen LogP contribution in [-0.2, 0) is 4.79 Å². The summed E-state index contributed by atoms with van der Waals surface area (Å²) in [7, 11) is 0. The number of carbonyl (C=O) groups excluding carboxylic acids is 1. The average Bonchev–Trinajstić information content (AvgIpc) is 2.37. The van der Waals surface area contributed by atoms with Crippen LogP contribution in [0.1, 0.15) is 11.1 Å².